The van der Waals surface area contributed by atoms with E-state index in [2.05, 4.69) is 24.1 Å². The number of hydrogen-bond donors (Lipinski definition) is 2. The predicted molar refractivity (Wildman–Crippen MR) is 57.8 cm³/mol. The molecule has 82 valence electrons. The second-order valence-electron chi connectivity index (χ2n) is 3.53. The molecule has 0 aromatic carbocycles. The summed E-state index contributed by atoms with van der Waals surface area (Å²) in [5.74, 6) is -0.915. The summed E-state index contributed by atoms with van der Waals surface area (Å²) in [6.45, 7) is 4.79. The van der Waals surface area contributed by atoms with Crippen LogP contribution in [0.2, 0.25) is 0 Å². The van der Waals surface area contributed by atoms with E-state index in [-0.39, 0.29) is 5.56 Å². The van der Waals surface area contributed by atoms with Crippen molar-refractivity contribution >= 4 is 5.97 Å². The van der Waals surface area contributed by atoms with Crippen molar-refractivity contribution < 1.29 is 9.90 Å². The first-order valence-electron chi connectivity index (χ1n) is 5.05. The molecule has 4 heteroatoms. The fourth-order valence-electron chi connectivity index (χ4n) is 1.13. The van der Waals surface area contributed by atoms with Gasteiger partial charge in [0.05, 0.1) is 11.3 Å². The van der Waals surface area contributed by atoms with Crippen LogP contribution in [0.25, 0.3) is 0 Å². The van der Waals surface area contributed by atoms with Gasteiger partial charge < -0.3 is 10.4 Å². The zero-order valence-corrected chi connectivity index (χ0v) is 9.03. The number of nitrogens with one attached hydrogen (secondary N) is 1. The van der Waals surface area contributed by atoms with Crippen LogP contribution in [0.5, 0.6) is 0 Å². The Morgan fingerprint density at radius 3 is 3.00 bits per heavy atom. The average molecular weight is 208 g/mol. The SMILES string of the molecule is CCC(C)NCc1cc(C(=O)O)ccn1. The lowest BCUT2D eigenvalue weighted by atomic mass is 10.2. The fraction of sp³-hybridized carbons (Fsp3) is 0.455. The fourth-order valence-corrected chi connectivity index (χ4v) is 1.13. The van der Waals surface area contributed by atoms with E-state index in [4.69, 9.17) is 5.11 Å². The van der Waals surface area contributed by atoms with Gasteiger partial charge in [-0.25, -0.2) is 4.79 Å². The number of hydrogen-bond acceptors (Lipinski definition) is 3. The molecule has 2 N–H and O–H groups in total. The Bertz CT molecular complexity index is 339. The molecule has 0 spiro atoms. The largest absolute Gasteiger partial charge is 0.478 e. The normalized spacial score (nSPS) is 12.4. The maximum absolute atomic E-state index is 10.7. The number of rotatable bonds is 5. The Morgan fingerprint density at radius 1 is 1.67 bits per heavy atom. The molecule has 1 unspecified atom stereocenters. The Kier molecular flexibility index (Phi) is 4.24. The van der Waals surface area contributed by atoms with E-state index in [0.717, 1.165) is 12.1 Å². The lowest BCUT2D eigenvalue weighted by Gasteiger charge is -2.10. The first-order valence-corrected chi connectivity index (χ1v) is 5.05. The van der Waals surface area contributed by atoms with Crippen molar-refractivity contribution in [2.75, 3.05) is 0 Å². The van der Waals surface area contributed by atoms with Gasteiger partial charge in [0.15, 0.2) is 0 Å². The first-order chi connectivity index (χ1) is 7.13. The molecule has 0 aliphatic rings. The second-order valence-corrected chi connectivity index (χ2v) is 3.53. The van der Waals surface area contributed by atoms with Crippen molar-refractivity contribution in [1.29, 1.82) is 0 Å². The maximum atomic E-state index is 10.7. The van der Waals surface area contributed by atoms with Crippen LogP contribution >= 0.6 is 0 Å². The molecule has 0 amide bonds. The average Bonchev–Trinajstić information content (AvgIpc) is 2.26. The van der Waals surface area contributed by atoms with Gasteiger partial charge in [-0.15, -0.1) is 0 Å². The van der Waals surface area contributed by atoms with Crippen LogP contribution in [0, 0.1) is 0 Å². The molecule has 0 aliphatic heterocycles. The number of carboxylic acids is 1. The molecule has 1 rings (SSSR count). The highest BCUT2D eigenvalue weighted by Crippen LogP contribution is 2.02. The molecular formula is C11H16N2O2. The molecule has 0 radical (unpaired) electrons. The summed E-state index contributed by atoms with van der Waals surface area (Å²) in [7, 11) is 0. The zero-order valence-electron chi connectivity index (χ0n) is 9.03. The molecule has 1 aromatic rings. The highest BCUT2D eigenvalue weighted by atomic mass is 16.4. The molecule has 0 saturated heterocycles. The van der Waals surface area contributed by atoms with Crippen LogP contribution in [0.15, 0.2) is 18.3 Å². The standard InChI is InChI=1S/C11H16N2O2/c1-3-8(2)13-7-10-6-9(11(14)15)4-5-12-10/h4-6,8,13H,3,7H2,1-2H3,(H,14,15). The van der Waals surface area contributed by atoms with Crippen LogP contribution in [-0.2, 0) is 6.54 Å². The number of carboxylic acid groups (broad SMARTS) is 1. The molecule has 0 saturated carbocycles. The lowest BCUT2D eigenvalue weighted by molar-refractivity contribution is 0.0696. The highest BCUT2D eigenvalue weighted by Gasteiger charge is 2.04. The minimum Gasteiger partial charge on any atom is -0.478 e. The van der Waals surface area contributed by atoms with E-state index in [1.165, 1.54) is 12.3 Å². The van der Waals surface area contributed by atoms with Crippen LogP contribution in [0.4, 0.5) is 0 Å². The van der Waals surface area contributed by atoms with Crippen LogP contribution in [0.1, 0.15) is 36.3 Å². The van der Waals surface area contributed by atoms with E-state index >= 15 is 0 Å². The van der Waals surface area contributed by atoms with Gasteiger partial charge in [0.1, 0.15) is 0 Å². The summed E-state index contributed by atoms with van der Waals surface area (Å²) in [6.07, 6.45) is 2.57. The van der Waals surface area contributed by atoms with E-state index in [1.54, 1.807) is 6.07 Å². The number of nitrogens with zero attached hydrogens (tertiary/aromatic N) is 1. The summed E-state index contributed by atoms with van der Waals surface area (Å²) in [5, 5.41) is 12.0. The van der Waals surface area contributed by atoms with Gasteiger partial charge in [0.25, 0.3) is 0 Å². The van der Waals surface area contributed by atoms with Crippen molar-refractivity contribution in [3.05, 3.63) is 29.6 Å². The molecule has 0 bridgehead atoms. The van der Waals surface area contributed by atoms with Gasteiger partial charge in [-0.1, -0.05) is 6.92 Å². The Morgan fingerprint density at radius 2 is 2.40 bits per heavy atom. The quantitative estimate of drug-likeness (QED) is 0.772. The summed E-state index contributed by atoms with van der Waals surface area (Å²) in [5.41, 5.74) is 1.04. The molecule has 1 atom stereocenters. The summed E-state index contributed by atoms with van der Waals surface area (Å²) in [4.78, 5) is 14.8. The van der Waals surface area contributed by atoms with Gasteiger partial charge >= 0.3 is 5.97 Å². The number of carbonyl (C=O) groups is 1. The van der Waals surface area contributed by atoms with E-state index < -0.39 is 5.97 Å². The number of pyridine rings is 1. The van der Waals surface area contributed by atoms with Gasteiger partial charge in [0, 0.05) is 18.8 Å². The molecular weight excluding hydrogens is 192 g/mol. The zero-order chi connectivity index (χ0) is 11.3. The van der Waals surface area contributed by atoms with Gasteiger partial charge in [-0.3, -0.25) is 4.98 Å². The maximum Gasteiger partial charge on any atom is 0.335 e. The highest BCUT2D eigenvalue weighted by molar-refractivity contribution is 5.87. The Balaban J connectivity index is 2.62. The first kappa shape index (κ1) is 11.7. The van der Waals surface area contributed by atoms with Crippen molar-refractivity contribution in [3.63, 3.8) is 0 Å². The molecule has 4 nitrogen and oxygen atoms in total. The van der Waals surface area contributed by atoms with E-state index in [0.29, 0.717) is 12.6 Å². The van der Waals surface area contributed by atoms with Crippen molar-refractivity contribution in [2.45, 2.75) is 32.9 Å². The third-order valence-electron chi connectivity index (χ3n) is 2.31. The van der Waals surface area contributed by atoms with Crippen molar-refractivity contribution in [1.82, 2.24) is 10.3 Å². The van der Waals surface area contributed by atoms with Gasteiger partial charge in [-0.2, -0.15) is 0 Å². The molecule has 15 heavy (non-hydrogen) atoms. The Hall–Kier alpha value is -1.42. The lowest BCUT2D eigenvalue weighted by Crippen LogP contribution is -2.25. The van der Waals surface area contributed by atoms with Gasteiger partial charge in [0.2, 0.25) is 0 Å². The minimum absolute atomic E-state index is 0.283. The molecule has 0 fully saturated rings. The third-order valence-corrected chi connectivity index (χ3v) is 2.31. The topological polar surface area (TPSA) is 62.2 Å². The van der Waals surface area contributed by atoms with Crippen LogP contribution in [-0.4, -0.2) is 22.1 Å². The summed E-state index contributed by atoms with van der Waals surface area (Å²) >= 11 is 0. The number of aromatic carboxylic acids is 1. The summed E-state index contributed by atoms with van der Waals surface area (Å²) in [6, 6.07) is 3.51. The van der Waals surface area contributed by atoms with E-state index in [1.807, 2.05) is 0 Å². The molecule has 1 heterocycles. The minimum atomic E-state index is -0.915. The van der Waals surface area contributed by atoms with E-state index in [9.17, 15) is 4.79 Å². The monoisotopic (exact) mass is 208 g/mol. The summed E-state index contributed by atoms with van der Waals surface area (Å²) < 4.78 is 0. The van der Waals surface area contributed by atoms with Crippen LogP contribution < -0.4 is 5.32 Å². The Labute approximate surface area is 89.3 Å². The number of aromatic nitrogens is 1. The smallest absolute Gasteiger partial charge is 0.335 e. The van der Waals surface area contributed by atoms with Crippen molar-refractivity contribution in [2.24, 2.45) is 0 Å². The van der Waals surface area contributed by atoms with Gasteiger partial charge in [-0.05, 0) is 25.5 Å². The second kappa shape index (κ2) is 5.46. The van der Waals surface area contributed by atoms with Crippen LogP contribution in [0.3, 0.4) is 0 Å². The molecule has 1 aromatic heterocycles. The molecule has 0 aliphatic carbocycles. The van der Waals surface area contributed by atoms with Crippen molar-refractivity contribution in [3.8, 4) is 0 Å². The predicted octanol–water partition coefficient (Wildman–Crippen LogP) is 1.67. The third kappa shape index (κ3) is 3.67.